The van der Waals surface area contributed by atoms with Crippen molar-refractivity contribution in [3.05, 3.63) is 236 Å². The molecule has 0 aliphatic rings. The highest BCUT2D eigenvalue weighted by atomic mass is 16.3. The van der Waals surface area contributed by atoms with Crippen molar-refractivity contribution in [1.29, 1.82) is 0 Å². The van der Waals surface area contributed by atoms with Crippen molar-refractivity contribution in [2.24, 2.45) is 0 Å². The Labute approximate surface area is 407 Å². The summed E-state index contributed by atoms with van der Waals surface area (Å²) >= 11 is 0. The number of aromatic nitrogens is 4. The first-order chi connectivity index (χ1) is 35.0. The fraction of sp³-hybridized carbons (Fsp3) is 0.0154. The van der Waals surface area contributed by atoms with Crippen LogP contribution in [0, 0.1) is 0 Å². The molecule has 0 aliphatic heterocycles. The van der Waals surface area contributed by atoms with Crippen LogP contribution in [0.1, 0.15) is 12.5 Å². The number of fused-ring (bicyclic) bond motifs is 10. The van der Waals surface area contributed by atoms with E-state index >= 15 is 0 Å². The second-order valence-corrected chi connectivity index (χ2v) is 18.2. The summed E-state index contributed by atoms with van der Waals surface area (Å²) in [6.45, 7) is 6.58. The minimum Gasteiger partial charge on any atom is -0.456 e. The first kappa shape index (κ1) is 40.5. The maximum atomic E-state index is 6.31. The molecule has 6 heterocycles. The first-order valence-electron chi connectivity index (χ1n) is 23.9. The highest BCUT2D eigenvalue weighted by Crippen LogP contribution is 2.41. The molecule has 0 bridgehead atoms. The average Bonchev–Trinajstić information content (AvgIpc) is 4.17. The summed E-state index contributed by atoms with van der Waals surface area (Å²) in [6, 6.07) is 67.7. The van der Waals surface area contributed by atoms with Crippen LogP contribution in [0.25, 0.3) is 139 Å². The van der Waals surface area contributed by atoms with Gasteiger partial charge in [0.05, 0.1) is 22.1 Å². The Kier molecular flexibility index (Phi) is 9.16. The zero-order chi connectivity index (χ0) is 47.2. The number of pyridine rings is 2. The van der Waals surface area contributed by atoms with Crippen LogP contribution in [0.3, 0.4) is 0 Å². The summed E-state index contributed by atoms with van der Waals surface area (Å²) in [5, 5.41) is 8.80. The molecule has 0 spiro atoms. The van der Waals surface area contributed by atoms with Gasteiger partial charge in [-0.15, -0.1) is 0 Å². The van der Waals surface area contributed by atoms with Crippen molar-refractivity contribution in [1.82, 2.24) is 19.1 Å². The molecule has 71 heavy (non-hydrogen) atoms. The molecule has 0 saturated carbocycles. The van der Waals surface area contributed by atoms with Gasteiger partial charge in [-0.2, -0.15) is 0 Å². The molecule has 0 fully saturated rings. The highest BCUT2D eigenvalue weighted by molar-refractivity contribution is 6.14. The smallest absolute Gasteiger partial charge is 0.138 e. The fourth-order valence-corrected chi connectivity index (χ4v) is 10.8. The van der Waals surface area contributed by atoms with Crippen molar-refractivity contribution >= 4 is 94.2 Å². The van der Waals surface area contributed by atoms with Crippen molar-refractivity contribution < 1.29 is 8.83 Å². The molecular formula is C65H42N4O2. The van der Waals surface area contributed by atoms with E-state index < -0.39 is 0 Å². The fourth-order valence-electron chi connectivity index (χ4n) is 10.8. The number of rotatable bonds is 7. The van der Waals surface area contributed by atoms with Crippen LogP contribution in [0.15, 0.2) is 228 Å². The van der Waals surface area contributed by atoms with Gasteiger partial charge in [-0.1, -0.05) is 97.6 Å². The molecule has 8 aromatic carbocycles. The van der Waals surface area contributed by atoms with Crippen molar-refractivity contribution in [2.45, 2.75) is 6.92 Å². The number of furan rings is 2. The Hall–Kier alpha value is -9.52. The summed E-state index contributed by atoms with van der Waals surface area (Å²) in [6.07, 6.45) is 11.4. The third kappa shape index (κ3) is 6.57. The summed E-state index contributed by atoms with van der Waals surface area (Å²) in [5.74, 6) is 0. The minimum atomic E-state index is 0.774. The second kappa shape index (κ2) is 16.0. The largest absolute Gasteiger partial charge is 0.456 e. The molecule has 14 rings (SSSR count). The third-order valence-corrected chi connectivity index (χ3v) is 14.2. The maximum Gasteiger partial charge on any atom is 0.138 e. The van der Waals surface area contributed by atoms with Gasteiger partial charge in [0.25, 0.3) is 0 Å². The average molecular weight is 911 g/mol. The zero-order valence-electron chi connectivity index (χ0n) is 38.7. The molecule has 0 atom stereocenters. The number of hydrogen-bond acceptors (Lipinski definition) is 4. The molecule has 14 aromatic rings. The van der Waals surface area contributed by atoms with E-state index in [-0.39, 0.29) is 0 Å². The van der Waals surface area contributed by atoms with E-state index in [0.717, 1.165) is 127 Å². The van der Waals surface area contributed by atoms with Crippen LogP contribution in [0.5, 0.6) is 0 Å². The van der Waals surface area contributed by atoms with E-state index in [1.165, 1.54) is 16.2 Å². The lowest BCUT2D eigenvalue weighted by atomic mass is 9.96. The Morgan fingerprint density at radius 2 is 0.915 bits per heavy atom. The quantitative estimate of drug-likeness (QED) is 0.160. The molecule has 0 unspecified atom stereocenters. The maximum absolute atomic E-state index is 6.31. The molecule has 6 nitrogen and oxygen atoms in total. The molecule has 0 aliphatic carbocycles. The predicted octanol–water partition coefficient (Wildman–Crippen LogP) is 15.6. The lowest BCUT2D eigenvalue weighted by molar-refractivity contribution is 0.575. The number of allylic oxidation sites excluding steroid dienone is 1. The number of hydrogen-bond donors (Lipinski definition) is 0. The van der Waals surface area contributed by atoms with Gasteiger partial charge in [0.2, 0.25) is 0 Å². The van der Waals surface area contributed by atoms with Crippen LogP contribution >= 0.6 is 0 Å². The summed E-state index contributed by atoms with van der Waals surface area (Å²) in [7, 11) is 0. The Morgan fingerprint density at radius 3 is 1.49 bits per heavy atom. The molecule has 0 radical (unpaired) electrons. The van der Waals surface area contributed by atoms with Gasteiger partial charge in [-0.25, -0.2) is 0 Å². The van der Waals surface area contributed by atoms with E-state index in [4.69, 9.17) is 8.83 Å². The van der Waals surface area contributed by atoms with E-state index in [2.05, 4.69) is 208 Å². The van der Waals surface area contributed by atoms with Crippen molar-refractivity contribution in [3.63, 3.8) is 0 Å². The van der Waals surface area contributed by atoms with Crippen LogP contribution in [0.2, 0.25) is 0 Å². The number of benzene rings is 8. The Morgan fingerprint density at radius 1 is 0.423 bits per heavy atom. The van der Waals surface area contributed by atoms with Crippen molar-refractivity contribution in [3.8, 4) is 44.8 Å². The van der Waals surface area contributed by atoms with Crippen LogP contribution < -0.4 is 10.6 Å². The van der Waals surface area contributed by atoms with Crippen LogP contribution in [-0.2, 0) is 0 Å². The summed E-state index contributed by atoms with van der Waals surface area (Å²) in [5.41, 5.74) is 18.8. The minimum absolute atomic E-state index is 0.774. The lowest BCUT2D eigenvalue weighted by Crippen LogP contribution is -2.19. The van der Waals surface area contributed by atoms with E-state index in [9.17, 15) is 0 Å². The monoisotopic (exact) mass is 910 g/mol. The van der Waals surface area contributed by atoms with E-state index in [1.807, 2.05) is 37.5 Å². The summed E-state index contributed by atoms with van der Waals surface area (Å²) < 4.78 is 17.3. The molecule has 0 amide bonds. The molecule has 0 N–H and O–H groups in total. The molecule has 0 saturated heterocycles. The van der Waals surface area contributed by atoms with Gasteiger partial charge in [0.1, 0.15) is 22.2 Å². The standard InChI is InChI=1S/C65H42N4O2/c1-3-50-56-38-66-29-27-62(56)70-64(50)31-40(2)41-18-23-58-52(33-41)53-34-44(19-24-59(53)68(58)48-13-6-4-7-14-48)42-11-10-12-43(32-42)45-20-25-60-54(35-45)55-36-46(21-26-61(55)69(60)49-15-8-5-9-16-49)47-17-22-51-57-39-67-30-28-63(57)71-65(51)37-47/h3-39H,2H2,1H3/b50-3-,64-31+. The SMILES string of the molecule is C=C(/C=c1/oc2ccncc2/c1=C/C)c1ccc2c(c1)c1cc(-c3cccc(-c4ccc5c(c4)c4cc(-c6ccc7c(c6)oc6ccncc67)ccc4n5-c4ccccc4)c3)ccc1n2-c1ccccc1. The van der Waals surface area contributed by atoms with E-state index in [0.29, 0.717) is 0 Å². The predicted molar refractivity (Wildman–Crippen MR) is 293 cm³/mol. The summed E-state index contributed by atoms with van der Waals surface area (Å²) in [4.78, 5) is 8.68. The number of nitrogens with zero attached hydrogens (tertiary/aromatic N) is 4. The first-order valence-corrected chi connectivity index (χ1v) is 23.9. The van der Waals surface area contributed by atoms with E-state index in [1.54, 1.807) is 12.4 Å². The van der Waals surface area contributed by atoms with Crippen LogP contribution in [0.4, 0.5) is 0 Å². The lowest BCUT2D eigenvalue weighted by Gasteiger charge is -2.10. The molecule has 334 valence electrons. The van der Waals surface area contributed by atoms with Gasteiger partial charge in [0, 0.05) is 79.1 Å². The number of para-hydroxylation sites is 2. The van der Waals surface area contributed by atoms with Gasteiger partial charge >= 0.3 is 0 Å². The Balaban J connectivity index is 0.886. The van der Waals surface area contributed by atoms with Gasteiger partial charge < -0.3 is 18.0 Å². The zero-order valence-corrected chi connectivity index (χ0v) is 38.7. The van der Waals surface area contributed by atoms with Gasteiger partial charge in [-0.05, 0) is 161 Å². The van der Waals surface area contributed by atoms with Crippen LogP contribution in [-0.4, -0.2) is 19.1 Å². The topological polar surface area (TPSA) is 61.9 Å². The van der Waals surface area contributed by atoms with Gasteiger partial charge in [-0.3, -0.25) is 9.97 Å². The third-order valence-electron chi connectivity index (χ3n) is 14.2. The highest BCUT2D eigenvalue weighted by Gasteiger charge is 2.18. The second-order valence-electron chi connectivity index (χ2n) is 18.2. The van der Waals surface area contributed by atoms with Gasteiger partial charge in [0.15, 0.2) is 0 Å². The molecule has 6 aromatic heterocycles. The van der Waals surface area contributed by atoms with Crippen molar-refractivity contribution in [2.75, 3.05) is 0 Å². The molecular weight excluding hydrogens is 869 g/mol. The Bertz CT molecular complexity index is 4610. The molecule has 6 heteroatoms. The normalized spacial score (nSPS) is 12.5.